The Morgan fingerprint density at radius 2 is 2.20 bits per heavy atom. The third-order valence-corrected chi connectivity index (χ3v) is 4.13. The van der Waals surface area contributed by atoms with Crippen LogP contribution in [0.25, 0.3) is 0 Å². The molecular weight excluding hydrogens is 252 g/mol. The van der Waals surface area contributed by atoms with E-state index in [0.717, 1.165) is 64.0 Å². The number of hydrogen-bond donors (Lipinski definition) is 1. The highest BCUT2D eigenvalue weighted by molar-refractivity contribution is 4.91. The van der Waals surface area contributed by atoms with Gasteiger partial charge >= 0.3 is 5.69 Å². The molecule has 1 aliphatic heterocycles. The zero-order valence-electron chi connectivity index (χ0n) is 12.9. The average Bonchev–Trinajstić information content (AvgIpc) is 2.80. The fourth-order valence-electron chi connectivity index (χ4n) is 2.88. The second-order valence-corrected chi connectivity index (χ2v) is 5.73. The van der Waals surface area contributed by atoms with Crippen LogP contribution in [-0.2, 0) is 19.5 Å². The van der Waals surface area contributed by atoms with Gasteiger partial charge in [-0.2, -0.15) is 5.10 Å². The summed E-state index contributed by atoms with van der Waals surface area (Å²) in [6.45, 7) is 7.09. The summed E-state index contributed by atoms with van der Waals surface area (Å²) in [5.41, 5.74) is 0.0919. The van der Waals surface area contributed by atoms with Crippen molar-refractivity contribution in [3.8, 4) is 0 Å². The van der Waals surface area contributed by atoms with Crippen molar-refractivity contribution in [2.45, 2.75) is 77.9 Å². The van der Waals surface area contributed by atoms with Crippen LogP contribution in [0.15, 0.2) is 4.79 Å². The minimum Gasteiger partial charge on any atom is -0.314 e. The van der Waals surface area contributed by atoms with Gasteiger partial charge in [0.15, 0.2) is 0 Å². The van der Waals surface area contributed by atoms with Crippen LogP contribution in [-0.4, -0.2) is 26.9 Å². The smallest absolute Gasteiger partial charge is 0.314 e. The van der Waals surface area contributed by atoms with E-state index in [1.54, 1.807) is 4.68 Å². The minimum absolute atomic E-state index is 0.0919. The van der Waals surface area contributed by atoms with Gasteiger partial charge in [0.1, 0.15) is 5.82 Å². The van der Waals surface area contributed by atoms with E-state index in [-0.39, 0.29) is 5.69 Å². The van der Waals surface area contributed by atoms with Crippen molar-refractivity contribution in [1.82, 2.24) is 19.7 Å². The van der Waals surface area contributed by atoms with Crippen molar-refractivity contribution in [1.29, 1.82) is 0 Å². The Bertz CT molecular complexity index is 463. The molecule has 2 rings (SSSR count). The molecule has 5 nitrogen and oxygen atoms in total. The zero-order valence-corrected chi connectivity index (χ0v) is 12.9. The molecule has 0 spiro atoms. The van der Waals surface area contributed by atoms with Gasteiger partial charge in [0.05, 0.1) is 0 Å². The maximum atomic E-state index is 12.2. The lowest BCUT2D eigenvalue weighted by Gasteiger charge is -2.15. The summed E-state index contributed by atoms with van der Waals surface area (Å²) in [5.74, 6) is 0.984. The summed E-state index contributed by atoms with van der Waals surface area (Å²) in [4.78, 5) is 12.2. The first-order valence-corrected chi connectivity index (χ1v) is 8.16. The second-order valence-electron chi connectivity index (χ2n) is 5.73. The summed E-state index contributed by atoms with van der Waals surface area (Å²) in [5, 5.41) is 8.04. The van der Waals surface area contributed by atoms with Gasteiger partial charge in [0, 0.05) is 25.6 Å². The third-order valence-electron chi connectivity index (χ3n) is 4.13. The van der Waals surface area contributed by atoms with Gasteiger partial charge in [-0.05, 0) is 45.1 Å². The van der Waals surface area contributed by atoms with Gasteiger partial charge in [-0.25, -0.2) is 9.48 Å². The van der Waals surface area contributed by atoms with Crippen LogP contribution in [0.4, 0.5) is 0 Å². The molecule has 1 aliphatic rings. The SMILES string of the molecule is CCCNC(CC)CCCn1nc2n(c1=O)CCCC2. The van der Waals surface area contributed by atoms with Gasteiger partial charge in [0.2, 0.25) is 0 Å². The number of hydrogen-bond acceptors (Lipinski definition) is 3. The van der Waals surface area contributed by atoms with Crippen molar-refractivity contribution >= 4 is 0 Å². The minimum atomic E-state index is 0.0919. The number of aryl methyl sites for hydroxylation is 2. The number of nitrogens with zero attached hydrogens (tertiary/aromatic N) is 3. The van der Waals surface area contributed by atoms with E-state index < -0.39 is 0 Å². The fourth-order valence-corrected chi connectivity index (χ4v) is 2.88. The highest BCUT2D eigenvalue weighted by atomic mass is 16.2. The lowest BCUT2D eigenvalue weighted by atomic mass is 10.1. The van der Waals surface area contributed by atoms with E-state index in [2.05, 4.69) is 24.3 Å². The highest BCUT2D eigenvalue weighted by Crippen LogP contribution is 2.10. The van der Waals surface area contributed by atoms with Gasteiger partial charge in [-0.1, -0.05) is 13.8 Å². The molecule has 0 radical (unpaired) electrons. The largest absolute Gasteiger partial charge is 0.345 e. The van der Waals surface area contributed by atoms with Crippen molar-refractivity contribution in [2.75, 3.05) is 6.54 Å². The van der Waals surface area contributed by atoms with Gasteiger partial charge in [0.25, 0.3) is 0 Å². The Balaban J connectivity index is 1.85. The third kappa shape index (κ3) is 3.72. The van der Waals surface area contributed by atoms with Gasteiger partial charge in [-0.3, -0.25) is 4.57 Å². The predicted octanol–water partition coefficient (Wildman–Crippen LogP) is 1.94. The van der Waals surface area contributed by atoms with Crippen LogP contribution in [0, 0.1) is 0 Å². The second kappa shape index (κ2) is 7.62. The maximum Gasteiger partial charge on any atom is 0.345 e. The average molecular weight is 280 g/mol. The number of fused-ring (bicyclic) bond motifs is 1. The Labute approximate surface area is 121 Å². The van der Waals surface area contributed by atoms with Crippen LogP contribution in [0.2, 0.25) is 0 Å². The monoisotopic (exact) mass is 280 g/mol. The van der Waals surface area contributed by atoms with E-state index in [1.165, 1.54) is 6.42 Å². The Hall–Kier alpha value is -1.10. The van der Waals surface area contributed by atoms with E-state index >= 15 is 0 Å². The van der Waals surface area contributed by atoms with Crippen molar-refractivity contribution in [3.05, 3.63) is 16.3 Å². The van der Waals surface area contributed by atoms with E-state index in [0.29, 0.717) is 6.04 Å². The molecule has 1 atom stereocenters. The molecule has 5 heteroatoms. The van der Waals surface area contributed by atoms with Crippen LogP contribution in [0.5, 0.6) is 0 Å². The lowest BCUT2D eigenvalue weighted by molar-refractivity contribution is 0.427. The van der Waals surface area contributed by atoms with Crippen LogP contribution < -0.4 is 11.0 Å². The molecule has 1 N–H and O–H groups in total. The topological polar surface area (TPSA) is 51.9 Å². The summed E-state index contributed by atoms with van der Waals surface area (Å²) >= 11 is 0. The molecule has 1 unspecified atom stereocenters. The van der Waals surface area contributed by atoms with Crippen molar-refractivity contribution in [2.24, 2.45) is 0 Å². The number of rotatable bonds is 8. The zero-order chi connectivity index (χ0) is 14.4. The predicted molar refractivity (Wildman–Crippen MR) is 81.0 cm³/mol. The summed E-state index contributed by atoms with van der Waals surface area (Å²) in [7, 11) is 0. The van der Waals surface area contributed by atoms with E-state index in [9.17, 15) is 4.79 Å². The molecule has 0 saturated carbocycles. The van der Waals surface area contributed by atoms with E-state index in [4.69, 9.17) is 0 Å². The molecule has 0 aliphatic carbocycles. The molecule has 0 bridgehead atoms. The Morgan fingerprint density at radius 1 is 1.35 bits per heavy atom. The molecule has 1 aromatic rings. The normalized spacial score (nSPS) is 16.1. The summed E-state index contributed by atoms with van der Waals surface area (Å²) in [6.07, 6.45) is 7.68. The first-order valence-electron chi connectivity index (χ1n) is 8.16. The number of nitrogens with one attached hydrogen (secondary N) is 1. The summed E-state index contributed by atoms with van der Waals surface area (Å²) in [6, 6.07) is 0.572. The Kier molecular flexibility index (Phi) is 5.83. The van der Waals surface area contributed by atoms with Gasteiger partial charge in [-0.15, -0.1) is 0 Å². The molecule has 0 fully saturated rings. The first kappa shape index (κ1) is 15.3. The Morgan fingerprint density at radius 3 is 2.90 bits per heavy atom. The first-order chi connectivity index (χ1) is 9.76. The molecule has 20 heavy (non-hydrogen) atoms. The molecular formula is C15H28N4O. The molecule has 0 saturated heterocycles. The highest BCUT2D eigenvalue weighted by Gasteiger charge is 2.16. The molecule has 1 aromatic heterocycles. The quantitative estimate of drug-likeness (QED) is 0.792. The molecule has 0 amide bonds. The van der Waals surface area contributed by atoms with Crippen molar-refractivity contribution in [3.63, 3.8) is 0 Å². The van der Waals surface area contributed by atoms with E-state index in [1.807, 2.05) is 4.57 Å². The molecule has 0 aromatic carbocycles. The summed E-state index contributed by atoms with van der Waals surface area (Å²) < 4.78 is 3.53. The molecule has 2 heterocycles. The molecule has 114 valence electrons. The number of aromatic nitrogens is 3. The van der Waals surface area contributed by atoms with Crippen LogP contribution in [0.1, 0.15) is 58.2 Å². The van der Waals surface area contributed by atoms with Crippen LogP contribution >= 0.6 is 0 Å². The maximum absolute atomic E-state index is 12.2. The standard InChI is InChI=1S/C15H28N4O/c1-3-10-16-13(4-2)8-7-12-19-15(20)18-11-6-5-9-14(18)17-19/h13,16H,3-12H2,1-2H3. The van der Waals surface area contributed by atoms with Crippen molar-refractivity contribution < 1.29 is 0 Å². The lowest BCUT2D eigenvalue weighted by Crippen LogP contribution is -2.30. The van der Waals surface area contributed by atoms with Crippen LogP contribution in [0.3, 0.4) is 0 Å². The fraction of sp³-hybridized carbons (Fsp3) is 0.867. The van der Waals surface area contributed by atoms with Gasteiger partial charge < -0.3 is 5.32 Å².